The Hall–Kier alpha value is -2.05. The molecular weight excluding hydrogens is 315 g/mol. The van der Waals surface area contributed by atoms with Crippen molar-refractivity contribution >= 4 is 21.6 Å². The first-order chi connectivity index (χ1) is 11.1. The normalized spacial score (nSPS) is 11.3. The van der Waals surface area contributed by atoms with E-state index in [1.807, 2.05) is 6.92 Å². The number of hydrogen-bond acceptors (Lipinski definition) is 4. The molecule has 3 aromatic rings. The van der Waals surface area contributed by atoms with Gasteiger partial charge in [-0.1, -0.05) is 12.1 Å². The third-order valence-corrected chi connectivity index (χ3v) is 4.68. The Morgan fingerprint density at radius 3 is 2.74 bits per heavy atom. The second-order valence-electron chi connectivity index (χ2n) is 5.33. The van der Waals surface area contributed by atoms with Crippen LogP contribution in [0.5, 0.6) is 0 Å². The van der Waals surface area contributed by atoms with Crippen molar-refractivity contribution < 1.29 is 9.13 Å². The first-order valence-electron chi connectivity index (χ1n) is 7.37. The summed E-state index contributed by atoms with van der Waals surface area (Å²) >= 11 is 1.49. The lowest BCUT2D eigenvalue weighted by Crippen LogP contribution is -2.12. The second kappa shape index (κ2) is 6.60. The molecule has 0 aliphatic heterocycles. The topological polar surface area (TPSA) is 55.0 Å². The van der Waals surface area contributed by atoms with Crippen LogP contribution in [0, 0.1) is 12.7 Å². The Labute approximate surface area is 137 Å². The number of halogens is 1. The third kappa shape index (κ3) is 3.18. The van der Waals surface area contributed by atoms with E-state index in [2.05, 4.69) is 9.97 Å². The highest BCUT2D eigenvalue weighted by molar-refractivity contribution is 7.19. The van der Waals surface area contributed by atoms with Crippen LogP contribution in [0.25, 0.3) is 21.3 Å². The van der Waals surface area contributed by atoms with Crippen molar-refractivity contribution in [2.45, 2.75) is 19.8 Å². The quantitative estimate of drug-likeness (QED) is 0.725. The molecule has 6 heteroatoms. The van der Waals surface area contributed by atoms with Gasteiger partial charge < -0.3 is 9.72 Å². The number of ether oxygens (including phenoxy) is 1. The van der Waals surface area contributed by atoms with E-state index in [-0.39, 0.29) is 11.4 Å². The lowest BCUT2D eigenvalue weighted by molar-refractivity contribution is 0.194. The van der Waals surface area contributed by atoms with Gasteiger partial charge in [0.1, 0.15) is 16.5 Å². The number of aryl methyl sites for hydroxylation is 2. The zero-order valence-corrected chi connectivity index (χ0v) is 13.8. The Balaban J connectivity index is 2.08. The molecular formula is C17H17FN2O2S. The summed E-state index contributed by atoms with van der Waals surface area (Å²) in [5, 5.41) is 0.578. The number of H-pyrrole nitrogens is 1. The van der Waals surface area contributed by atoms with Gasteiger partial charge in [0.2, 0.25) is 0 Å². The summed E-state index contributed by atoms with van der Waals surface area (Å²) in [6.45, 7) is 2.58. The molecule has 0 aliphatic rings. The van der Waals surface area contributed by atoms with Crippen molar-refractivity contribution in [2.75, 3.05) is 13.7 Å². The zero-order chi connectivity index (χ0) is 16.4. The maximum atomic E-state index is 13.1. The molecule has 1 N–H and O–H groups in total. The van der Waals surface area contributed by atoms with Crippen LogP contribution in [0.3, 0.4) is 0 Å². The molecule has 0 fully saturated rings. The molecule has 0 aliphatic carbocycles. The molecule has 0 unspecified atom stereocenters. The molecule has 0 amide bonds. The highest BCUT2D eigenvalue weighted by Gasteiger charge is 2.16. The molecule has 0 saturated heterocycles. The lowest BCUT2D eigenvalue weighted by Gasteiger charge is -2.03. The van der Waals surface area contributed by atoms with Gasteiger partial charge >= 0.3 is 0 Å². The van der Waals surface area contributed by atoms with Crippen molar-refractivity contribution in [3.8, 4) is 11.1 Å². The van der Waals surface area contributed by atoms with Crippen molar-refractivity contribution in [1.29, 1.82) is 0 Å². The Morgan fingerprint density at radius 2 is 2.04 bits per heavy atom. The summed E-state index contributed by atoms with van der Waals surface area (Å²) < 4.78 is 18.2. The van der Waals surface area contributed by atoms with Gasteiger partial charge in [0.05, 0.1) is 5.39 Å². The number of fused-ring (bicyclic) bond motifs is 1. The number of thiophene rings is 1. The zero-order valence-electron chi connectivity index (χ0n) is 13.0. The van der Waals surface area contributed by atoms with Gasteiger partial charge in [0, 0.05) is 30.6 Å². The fraction of sp³-hybridized carbons (Fsp3) is 0.294. The minimum absolute atomic E-state index is 0.147. The fourth-order valence-corrected chi connectivity index (χ4v) is 3.69. The molecule has 0 saturated carbocycles. The number of nitrogens with one attached hydrogen (secondary N) is 1. The average Bonchev–Trinajstić information content (AvgIpc) is 2.85. The molecule has 120 valence electrons. The molecule has 0 bridgehead atoms. The molecule has 3 rings (SSSR count). The summed E-state index contributed by atoms with van der Waals surface area (Å²) in [5.41, 5.74) is 1.52. The van der Waals surface area contributed by atoms with Crippen LogP contribution in [-0.2, 0) is 11.2 Å². The number of methoxy groups -OCH3 is 1. The molecule has 0 atom stereocenters. The molecule has 0 radical (unpaired) electrons. The Bertz CT molecular complexity index is 884. The van der Waals surface area contributed by atoms with Gasteiger partial charge in [0.15, 0.2) is 0 Å². The molecule has 0 spiro atoms. The molecule has 23 heavy (non-hydrogen) atoms. The fourth-order valence-electron chi connectivity index (χ4n) is 2.63. The predicted octanol–water partition coefficient (Wildman–Crippen LogP) is 3.68. The van der Waals surface area contributed by atoms with Crippen LogP contribution < -0.4 is 5.56 Å². The summed E-state index contributed by atoms with van der Waals surface area (Å²) in [6.07, 6.45) is 1.47. The van der Waals surface area contributed by atoms with E-state index in [0.29, 0.717) is 24.2 Å². The van der Waals surface area contributed by atoms with E-state index in [9.17, 15) is 9.18 Å². The van der Waals surface area contributed by atoms with Crippen molar-refractivity contribution in [2.24, 2.45) is 0 Å². The van der Waals surface area contributed by atoms with Crippen molar-refractivity contribution in [3.05, 3.63) is 51.1 Å². The number of aromatic nitrogens is 2. The molecule has 4 nitrogen and oxygen atoms in total. The monoisotopic (exact) mass is 332 g/mol. The van der Waals surface area contributed by atoms with E-state index in [1.54, 1.807) is 19.2 Å². The van der Waals surface area contributed by atoms with E-state index >= 15 is 0 Å². The van der Waals surface area contributed by atoms with E-state index in [4.69, 9.17) is 4.74 Å². The highest BCUT2D eigenvalue weighted by Crippen LogP contribution is 2.35. The Kier molecular flexibility index (Phi) is 4.54. The van der Waals surface area contributed by atoms with Crippen LogP contribution in [0.1, 0.15) is 17.1 Å². The largest absolute Gasteiger partial charge is 0.385 e. The Morgan fingerprint density at radius 1 is 1.30 bits per heavy atom. The standard InChI is InChI=1S/C17H17FN2O2S/c1-10-14(11-5-7-12(18)8-6-11)15-16(21)19-13(4-3-9-22-2)20-17(15)23-10/h5-8H,3-4,9H2,1-2H3,(H,19,20,21). The van der Waals surface area contributed by atoms with Crippen LogP contribution >= 0.6 is 11.3 Å². The predicted molar refractivity (Wildman–Crippen MR) is 90.6 cm³/mol. The number of benzene rings is 1. The van der Waals surface area contributed by atoms with Crippen LogP contribution in [0.15, 0.2) is 29.1 Å². The summed E-state index contributed by atoms with van der Waals surface area (Å²) in [5.74, 6) is 0.379. The summed E-state index contributed by atoms with van der Waals surface area (Å²) in [6, 6.07) is 6.18. The van der Waals surface area contributed by atoms with Gasteiger partial charge in [0.25, 0.3) is 5.56 Å². The minimum atomic E-state index is -0.293. The van der Waals surface area contributed by atoms with Gasteiger partial charge in [-0.3, -0.25) is 4.79 Å². The maximum Gasteiger partial charge on any atom is 0.260 e. The number of nitrogens with zero attached hydrogens (tertiary/aromatic N) is 1. The lowest BCUT2D eigenvalue weighted by atomic mass is 10.0. The number of hydrogen-bond donors (Lipinski definition) is 1. The van der Waals surface area contributed by atoms with Crippen LogP contribution in [0.2, 0.25) is 0 Å². The number of rotatable bonds is 5. The first kappa shape index (κ1) is 15.8. The summed E-state index contributed by atoms with van der Waals surface area (Å²) in [7, 11) is 1.65. The SMILES string of the molecule is COCCCc1nc2sc(C)c(-c3ccc(F)cc3)c2c(=O)[nH]1. The van der Waals surface area contributed by atoms with Gasteiger partial charge in [-0.25, -0.2) is 9.37 Å². The van der Waals surface area contributed by atoms with Gasteiger partial charge in [-0.2, -0.15) is 0 Å². The van der Waals surface area contributed by atoms with Crippen LogP contribution in [-0.4, -0.2) is 23.7 Å². The maximum absolute atomic E-state index is 13.1. The summed E-state index contributed by atoms with van der Waals surface area (Å²) in [4.78, 5) is 21.7. The molecule has 2 heterocycles. The van der Waals surface area contributed by atoms with Crippen molar-refractivity contribution in [3.63, 3.8) is 0 Å². The molecule has 2 aromatic heterocycles. The second-order valence-corrected chi connectivity index (χ2v) is 6.53. The number of aromatic amines is 1. The average molecular weight is 332 g/mol. The van der Waals surface area contributed by atoms with Crippen LogP contribution in [0.4, 0.5) is 4.39 Å². The smallest absolute Gasteiger partial charge is 0.260 e. The van der Waals surface area contributed by atoms with Gasteiger partial charge in [-0.15, -0.1) is 11.3 Å². The first-order valence-corrected chi connectivity index (χ1v) is 8.19. The van der Waals surface area contributed by atoms with E-state index in [0.717, 1.165) is 27.3 Å². The van der Waals surface area contributed by atoms with E-state index < -0.39 is 0 Å². The third-order valence-electron chi connectivity index (χ3n) is 3.68. The minimum Gasteiger partial charge on any atom is -0.385 e. The highest BCUT2D eigenvalue weighted by atomic mass is 32.1. The molecule has 1 aromatic carbocycles. The van der Waals surface area contributed by atoms with E-state index in [1.165, 1.54) is 23.5 Å². The van der Waals surface area contributed by atoms with Gasteiger partial charge in [-0.05, 0) is 31.0 Å². The van der Waals surface area contributed by atoms with Crippen molar-refractivity contribution in [1.82, 2.24) is 9.97 Å².